The lowest BCUT2D eigenvalue weighted by atomic mass is 9.83. The number of piperidine rings is 1. The third-order valence-corrected chi connectivity index (χ3v) is 9.53. The molecule has 0 spiro atoms. The molecule has 1 fully saturated rings. The van der Waals surface area contributed by atoms with Gasteiger partial charge in [-0.15, -0.1) is 0 Å². The maximum Gasteiger partial charge on any atom is 0.275 e. The summed E-state index contributed by atoms with van der Waals surface area (Å²) in [5.41, 5.74) is 1.96. The molecular formula is C31H32N4O5S. The molecule has 1 amide bonds. The van der Waals surface area contributed by atoms with E-state index >= 15 is 0 Å². The van der Waals surface area contributed by atoms with Crippen molar-refractivity contribution in [2.45, 2.75) is 23.8 Å². The zero-order valence-electron chi connectivity index (χ0n) is 23.2. The number of aromatic nitrogens is 1. The summed E-state index contributed by atoms with van der Waals surface area (Å²) >= 11 is 0. The molecule has 1 N–H and O–H groups in total. The number of rotatable bonds is 6. The van der Waals surface area contributed by atoms with Gasteiger partial charge in [0.25, 0.3) is 21.5 Å². The Morgan fingerprint density at radius 1 is 0.927 bits per heavy atom. The second-order valence-electron chi connectivity index (χ2n) is 11.0. The third kappa shape index (κ3) is 4.82. The molecule has 2 bridgehead atoms. The van der Waals surface area contributed by atoms with Crippen LogP contribution in [0.3, 0.4) is 0 Å². The highest BCUT2D eigenvalue weighted by Gasteiger charge is 2.37. The molecule has 2 aliphatic rings. The number of ether oxygens (including phenoxy) is 1. The van der Waals surface area contributed by atoms with Crippen LogP contribution in [0.5, 0.6) is 5.75 Å². The highest BCUT2D eigenvalue weighted by atomic mass is 32.2. The fourth-order valence-corrected chi connectivity index (χ4v) is 7.47. The number of benzene rings is 3. The quantitative estimate of drug-likeness (QED) is 0.373. The van der Waals surface area contributed by atoms with Crippen molar-refractivity contribution in [2.75, 3.05) is 43.9 Å². The molecule has 0 saturated carbocycles. The standard InChI is InChI=1S/C31H32N4O5S/c1-33(2)28-8-4-7-25-24(28)6-5-9-29(25)41(38,39)32-26-14-15-27-22-16-20(18-35(27)31(26)37)17-34(19-22)30(36)21-10-12-23(40-3)13-11-21/h4-15,20,22,32H,16-19H2,1-3H3/t20-,22+/m0/s1. The molecule has 3 heterocycles. The molecule has 1 aromatic heterocycles. The molecule has 3 aromatic carbocycles. The Morgan fingerprint density at radius 3 is 2.39 bits per heavy atom. The Labute approximate surface area is 239 Å². The van der Waals surface area contributed by atoms with Gasteiger partial charge in [0.15, 0.2) is 0 Å². The second-order valence-corrected chi connectivity index (χ2v) is 12.6. The topological polar surface area (TPSA) is 101 Å². The highest BCUT2D eigenvalue weighted by molar-refractivity contribution is 7.93. The van der Waals surface area contributed by atoms with Gasteiger partial charge in [0.05, 0.1) is 12.0 Å². The van der Waals surface area contributed by atoms with E-state index in [1.165, 1.54) is 0 Å². The van der Waals surface area contributed by atoms with Gasteiger partial charge in [-0.1, -0.05) is 24.3 Å². The zero-order chi connectivity index (χ0) is 28.9. The molecule has 41 heavy (non-hydrogen) atoms. The first kappa shape index (κ1) is 26.9. The van der Waals surface area contributed by atoms with Crippen molar-refractivity contribution in [3.05, 3.63) is 94.4 Å². The Balaban J connectivity index is 1.27. The molecule has 0 unspecified atom stereocenters. The van der Waals surface area contributed by atoms with Gasteiger partial charge in [-0.2, -0.15) is 0 Å². The van der Waals surface area contributed by atoms with Crippen LogP contribution in [0.15, 0.2) is 82.5 Å². The molecule has 2 aliphatic heterocycles. The smallest absolute Gasteiger partial charge is 0.275 e. The predicted octanol–water partition coefficient (Wildman–Crippen LogP) is 4.14. The van der Waals surface area contributed by atoms with Crippen LogP contribution < -0.4 is 19.9 Å². The van der Waals surface area contributed by atoms with E-state index in [1.54, 1.807) is 60.2 Å². The number of nitrogens with zero attached hydrogens (tertiary/aromatic N) is 3. The summed E-state index contributed by atoms with van der Waals surface area (Å²) in [5.74, 6) is 0.728. The number of hydrogen-bond acceptors (Lipinski definition) is 6. The van der Waals surface area contributed by atoms with Crippen LogP contribution in [0.2, 0.25) is 0 Å². The zero-order valence-corrected chi connectivity index (χ0v) is 24.0. The summed E-state index contributed by atoms with van der Waals surface area (Å²) in [6, 6.07) is 21.1. The lowest BCUT2D eigenvalue weighted by molar-refractivity contribution is 0.0594. The maximum atomic E-state index is 13.6. The number of methoxy groups -OCH3 is 1. The number of amides is 1. The van der Waals surface area contributed by atoms with Crippen molar-refractivity contribution in [1.29, 1.82) is 0 Å². The van der Waals surface area contributed by atoms with E-state index in [1.807, 2.05) is 48.2 Å². The molecule has 2 atom stereocenters. The molecular weight excluding hydrogens is 540 g/mol. The van der Waals surface area contributed by atoms with Gasteiger partial charge in [-0.25, -0.2) is 8.42 Å². The van der Waals surface area contributed by atoms with Crippen LogP contribution in [-0.2, 0) is 16.6 Å². The summed E-state index contributed by atoms with van der Waals surface area (Å²) in [6.07, 6.45) is 0.876. The minimum atomic E-state index is -4.05. The lowest BCUT2D eigenvalue weighted by Crippen LogP contribution is -2.49. The first-order chi connectivity index (χ1) is 19.7. The number of anilines is 2. The Hall–Kier alpha value is -4.31. The van der Waals surface area contributed by atoms with Crippen molar-refractivity contribution in [3.63, 3.8) is 0 Å². The highest BCUT2D eigenvalue weighted by Crippen LogP contribution is 2.36. The van der Waals surface area contributed by atoms with Crippen LogP contribution in [0, 0.1) is 5.92 Å². The van der Waals surface area contributed by atoms with E-state index in [9.17, 15) is 18.0 Å². The van der Waals surface area contributed by atoms with Gasteiger partial charge in [0.1, 0.15) is 11.4 Å². The summed E-state index contributed by atoms with van der Waals surface area (Å²) in [7, 11) is 1.35. The molecule has 4 aromatic rings. The van der Waals surface area contributed by atoms with Gasteiger partial charge < -0.3 is 19.1 Å². The third-order valence-electron chi connectivity index (χ3n) is 8.10. The Bertz CT molecular complexity index is 1820. The van der Waals surface area contributed by atoms with Crippen LogP contribution in [0.1, 0.15) is 28.4 Å². The fraction of sp³-hybridized carbons (Fsp3) is 0.290. The van der Waals surface area contributed by atoms with Gasteiger partial charge >= 0.3 is 0 Å². The van der Waals surface area contributed by atoms with E-state index in [4.69, 9.17) is 4.74 Å². The van der Waals surface area contributed by atoms with Crippen molar-refractivity contribution in [1.82, 2.24) is 9.47 Å². The number of likely N-dealkylation sites (tertiary alicyclic amines) is 1. The molecule has 10 heteroatoms. The van der Waals surface area contributed by atoms with Gasteiger partial charge in [-0.3, -0.25) is 14.3 Å². The van der Waals surface area contributed by atoms with E-state index < -0.39 is 10.0 Å². The number of nitrogens with one attached hydrogen (secondary N) is 1. The van der Waals surface area contributed by atoms with Gasteiger partial charge in [0.2, 0.25) is 0 Å². The number of pyridine rings is 1. The number of hydrogen-bond donors (Lipinski definition) is 1. The van der Waals surface area contributed by atoms with Crippen LogP contribution in [-0.4, -0.2) is 58.1 Å². The van der Waals surface area contributed by atoms with E-state index in [0.717, 1.165) is 23.2 Å². The second kappa shape index (κ2) is 10.3. The average Bonchev–Trinajstić information content (AvgIpc) is 2.97. The SMILES string of the molecule is COc1ccc(C(=O)N2C[C@@H]3C[C@H](C2)c2ccc(NS(=O)(=O)c4cccc5c(N(C)C)cccc45)c(=O)n2C3)cc1. The monoisotopic (exact) mass is 572 g/mol. The van der Waals surface area contributed by atoms with E-state index in [-0.39, 0.29) is 33.9 Å². The summed E-state index contributed by atoms with van der Waals surface area (Å²) in [5, 5.41) is 1.39. The van der Waals surface area contributed by atoms with E-state index in [0.29, 0.717) is 36.3 Å². The number of sulfonamides is 1. The van der Waals surface area contributed by atoms with Crippen molar-refractivity contribution in [2.24, 2.45) is 5.92 Å². The first-order valence-electron chi connectivity index (χ1n) is 13.5. The van der Waals surface area contributed by atoms with Crippen LogP contribution >= 0.6 is 0 Å². The molecule has 9 nitrogen and oxygen atoms in total. The van der Waals surface area contributed by atoms with E-state index in [2.05, 4.69) is 4.72 Å². The minimum absolute atomic E-state index is 0.00873. The normalized spacial score (nSPS) is 18.1. The fourth-order valence-electron chi connectivity index (χ4n) is 6.19. The Kier molecular flexibility index (Phi) is 6.73. The molecule has 212 valence electrons. The number of carbonyl (C=O) groups excluding carboxylic acids is 1. The molecule has 6 rings (SSSR count). The molecule has 0 radical (unpaired) electrons. The van der Waals surface area contributed by atoms with Crippen LogP contribution in [0.4, 0.5) is 11.4 Å². The molecule has 0 aliphatic carbocycles. The summed E-state index contributed by atoms with van der Waals surface area (Å²) < 4.78 is 36.6. The van der Waals surface area contributed by atoms with Gasteiger partial charge in [-0.05, 0) is 60.9 Å². The summed E-state index contributed by atoms with van der Waals surface area (Å²) in [6.45, 7) is 1.45. The Morgan fingerprint density at radius 2 is 1.66 bits per heavy atom. The number of fused-ring (bicyclic) bond motifs is 5. The average molecular weight is 573 g/mol. The first-order valence-corrected chi connectivity index (χ1v) is 15.0. The van der Waals surface area contributed by atoms with Gasteiger partial charge in [0, 0.05) is 67.4 Å². The summed E-state index contributed by atoms with van der Waals surface area (Å²) in [4.78, 5) is 30.7. The van der Waals surface area contributed by atoms with Crippen molar-refractivity contribution in [3.8, 4) is 5.75 Å². The van der Waals surface area contributed by atoms with Crippen LogP contribution in [0.25, 0.3) is 10.8 Å². The predicted molar refractivity (Wildman–Crippen MR) is 160 cm³/mol. The van der Waals surface area contributed by atoms with Crippen molar-refractivity contribution < 1.29 is 17.9 Å². The largest absolute Gasteiger partial charge is 0.497 e. The molecule has 1 saturated heterocycles. The van der Waals surface area contributed by atoms with Crippen molar-refractivity contribution >= 4 is 38.1 Å². The maximum absolute atomic E-state index is 13.6. The minimum Gasteiger partial charge on any atom is -0.497 e. The lowest BCUT2D eigenvalue weighted by Gasteiger charge is -2.43. The number of carbonyl (C=O) groups is 1.